The lowest BCUT2D eigenvalue weighted by molar-refractivity contribution is 0.0694. The second kappa shape index (κ2) is 34.4. The van der Waals surface area contributed by atoms with Gasteiger partial charge in [0.2, 0.25) is 0 Å². The van der Waals surface area contributed by atoms with Crippen molar-refractivity contribution in [1.82, 2.24) is 0 Å². The van der Waals surface area contributed by atoms with Crippen LogP contribution >= 0.6 is 0 Å². The van der Waals surface area contributed by atoms with Crippen LogP contribution in [-0.2, 0) is 19.8 Å². The van der Waals surface area contributed by atoms with Gasteiger partial charge in [0, 0.05) is 38.9 Å². The third kappa shape index (κ3) is 22.5. The highest BCUT2D eigenvalue weighted by molar-refractivity contribution is 6.08. The second-order valence-corrected chi connectivity index (χ2v) is 17.7. The standard InChI is InChI=1S/C33H24O3.C9H8O4.C9H12O3.C9H6O3.C8H8O/c34-31(28-10-4-1-5-11-28)19-16-25-22-26(17-20-32(35)29-12-6-2-7-13-29)24-27(23-25)18-21-33(36)30-14-8-3-9-15-30;1-5-2-6(8(10)11)4-7(3-5)9(12)13;2*10-4-7-1-8(5-11)3-9(2-7)6-12;1-7(9)8-5-3-2-4-6-8/h1-24H;2-4H,1H3,(H,10,11)(H,12,13);1-3,10-12H,4-6H2;1-6H;2-6H,1H3/b19-16+,20-17+,21-18+;;;;. The van der Waals surface area contributed by atoms with Crippen LogP contribution < -0.4 is 0 Å². The number of aliphatic hydroxyl groups excluding tert-OH is 3. The maximum Gasteiger partial charge on any atom is 0.335 e. The Bertz CT molecular complexity index is 3220. The number of hydrogen-bond donors (Lipinski definition) is 5. The predicted molar refractivity (Wildman–Crippen MR) is 314 cm³/mol. The van der Waals surface area contributed by atoms with E-state index in [4.69, 9.17) is 25.5 Å². The molecule has 0 heterocycles. The Balaban J connectivity index is 0.000000255. The largest absolute Gasteiger partial charge is 0.478 e. The number of rotatable bonds is 18. The van der Waals surface area contributed by atoms with Gasteiger partial charge in [-0.1, -0.05) is 158 Å². The van der Waals surface area contributed by atoms with Gasteiger partial charge < -0.3 is 25.5 Å². The Kier molecular flexibility index (Phi) is 26.8. The van der Waals surface area contributed by atoms with Gasteiger partial charge in [-0.15, -0.1) is 0 Å². The summed E-state index contributed by atoms with van der Waals surface area (Å²) >= 11 is 0. The van der Waals surface area contributed by atoms with Crippen molar-refractivity contribution >= 4 is 72.2 Å². The van der Waals surface area contributed by atoms with Crippen LogP contribution in [0.5, 0.6) is 0 Å². The molecule has 0 amide bonds. The number of aryl methyl sites for hydroxylation is 1. The molecule has 8 rings (SSSR count). The van der Waals surface area contributed by atoms with Crippen LogP contribution in [0.25, 0.3) is 18.2 Å². The predicted octanol–water partition coefficient (Wildman–Crippen LogP) is 11.9. The molecule has 0 atom stereocenters. The van der Waals surface area contributed by atoms with Crippen molar-refractivity contribution in [2.24, 2.45) is 0 Å². The fourth-order valence-electron chi connectivity index (χ4n) is 7.33. The molecule has 8 aromatic carbocycles. The zero-order chi connectivity index (χ0) is 59.8. The second-order valence-electron chi connectivity index (χ2n) is 17.7. The number of hydrogen-bond acceptors (Lipinski definition) is 12. The third-order valence-corrected chi connectivity index (χ3v) is 11.3. The Labute approximate surface area is 474 Å². The van der Waals surface area contributed by atoms with Crippen molar-refractivity contribution < 1.29 is 68.7 Å². The molecule has 14 heteroatoms. The third-order valence-electron chi connectivity index (χ3n) is 11.3. The highest BCUT2D eigenvalue weighted by Crippen LogP contribution is 2.18. The molecule has 14 nitrogen and oxygen atoms in total. The summed E-state index contributed by atoms with van der Waals surface area (Å²) in [6.45, 7) is 3.01. The maximum absolute atomic E-state index is 12.5. The fraction of sp³-hybridized carbons (Fsp3) is 0.0735. The zero-order valence-corrected chi connectivity index (χ0v) is 44.7. The van der Waals surface area contributed by atoms with Crippen molar-refractivity contribution in [3.05, 3.63) is 301 Å². The number of Topliss-reactive ketones (excluding diaryl/α,β-unsaturated/α-hetero) is 1. The lowest BCUT2D eigenvalue weighted by atomic mass is 10.0. The number of carbonyl (C=O) groups is 9. The van der Waals surface area contributed by atoms with E-state index in [2.05, 4.69) is 0 Å². The molecule has 0 unspecified atom stereocenters. The normalized spacial score (nSPS) is 10.3. The highest BCUT2D eigenvalue weighted by Gasteiger charge is 2.10. The number of ketones is 4. The number of benzene rings is 8. The SMILES string of the molecule is CC(=O)c1ccccc1.Cc1cc(C(=O)O)cc(C(=O)O)c1.O=C(/C=C/c1cc(/C=C/C(=O)c2ccccc2)cc(/C=C/C(=O)c2ccccc2)c1)c1ccccc1.O=Cc1cc(C=O)cc(C=O)c1.OCc1cc(CO)cc(CO)c1. The molecular weight excluding hydrogens is 1040 g/mol. The minimum Gasteiger partial charge on any atom is -0.478 e. The van der Waals surface area contributed by atoms with Crippen molar-refractivity contribution in [3.8, 4) is 0 Å². The smallest absolute Gasteiger partial charge is 0.335 e. The van der Waals surface area contributed by atoms with Gasteiger partial charge in [-0.05, 0) is 126 Å². The number of carbonyl (C=O) groups excluding carboxylic acids is 7. The molecule has 0 aliphatic carbocycles. The lowest BCUT2D eigenvalue weighted by Crippen LogP contribution is -2.02. The van der Waals surface area contributed by atoms with E-state index in [1.165, 1.54) is 48.6 Å². The van der Waals surface area contributed by atoms with E-state index in [1.54, 1.807) is 86.7 Å². The summed E-state index contributed by atoms with van der Waals surface area (Å²) in [7, 11) is 0. The van der Waals surface area contributed by atoms with Gasteiger partial charge in [0.1, 0.15) is 18.9 Å². The topological polar surface area (TPSA) is 255 Å². The van der Waals surface area contributed by atoms with Gasteiger partial charge in [0.15, 0.2) is 23.1 Å². The highest BCUT2D eigenvalue weighted by atomic mass is 16.4. The molecule has 0 radical (unpaired) electrons. The summed E-state index contributed by atoms with van der Waals surface area (Å²) in [5.74, 6) is -2.43. The van der Waals surface area contributed by atoms with E-state index in [0.29, 0.717) is 74.5 Å². The first-order chi connectivity index (χ1) is 39.5. The average molecular weight is 1100 g/mol. The first-order valence-electron chi connectivity index (χ1n) is 25.1. The van der Waals surface area contributed by atoms with E-state index < -0.39 is 11.9 Å². The molecule has 0 saturated heterocycles. The summed E-state index contributed by atoms with van der Waals surface area (Å²) in [6, 6.07) is 55.4. The average Bonchev–Trinajstić information content (AvgIpc) is 3.53. The van der Waals surface area contributed by atoms with Crippen LogP contribution in [0.1, 0.15) is 139 Å². The van der Waals surface area contributed by atoms with Crippen LogP contribution in [0.2, 0.25) is 0 Å². The molecule has 0 saturated carbocycles. The first-order valence-corrected chi connectivity index (χ1v) is 25.1. The van der Waals surface area contributed by atoms with Crippen LogP contribution in [0, 0.1) is 6.92 Å². The quantitative estimate of drug-likeness (QED) is 0.0304. The summed E-state index contributed by atoms with van der Waals surface area (Å²) in [4.78, 5) is 100. The van der Waals surface area contributed by atoms with Crippen LogP contribution in [0.15, 0.2) is 212 Å². The molecule has 0 aliphatic rings. The monoisotopic (exact) mass is 1100 g/mol. The Morgan fingerprint density at radius 2 is 0.598 bits per heavy atom. The number of carboxylic acids is 2. The number of aldehydes is 3. The number of aromatic carboxylic acids is 2. The first kappa shape index (κ1) is 64.0. The molecular formula is C68H58O14. The zero-order valence-electron chi connectivity index (χ0n) is 44.7. The lowest BCUT2D eigenvalue weighted by Gasteiger charge is -2.03. The number of aliphatic hydroxyl groups is 3. The van der Waals surface area contributed by atoms with E-state index in [9.17, 15) is 43.2 Å². The fourth-order valence-corrected chi connectivity index (χ4v) is 7.33. The van der Waals surface area contributed by atoms with Gasteiger partial charge >= 0.3 is 11.9 Å². The molecule has 8 aromatic rings. The van der Waals surface area contributed by atoms with Crippen LogP contribution in [0.3, 0.4) is 0 Å². The maximum atomic E-state index is 12.5. The number of carboxylic acid groups (broad SMARTS) is 2. The van der Waals surface area contributed by atoms with Crippen molar-refractivity contribution in [1.29, 1.82) is 0 Å². The van der Waals surface area contributed by atoms with Gasteiger partial charge in [-0.2, -0.15) is 0 Å². The van der Waals surface area contributed by atoms with Gasteiger partial charge in [0.25, 0.3) is 0 Å². The van der Waals surface area contributed by atoms with Crippen LogP contribution in [-0.4, -0.2) is 79.5 Å². The van der Waals surface area contributed by atoms with E-state index in [-0.39, 0.29) is 54.1 Å². The molecule has 0 bridgehead atoms. The molecule has 0 spiro atoms. The summed E-state index contributed by atoms with van der Waals surface area (Å²) in [5.41, 5.74) is 8.68. The van der Waals surface area contributed by atoms with Crippen molar-refractivity contribution in [2.75, 3.05) is 0 Å². The Morgan fingerprint density at radius 3 is 0.817 bits per heavy atom. The molecule has 82 heavy (non-hydrogen) atoms. The van der Waals surface area contributed by atoms with E-state index in [1.807, 2.05) is 103 Å². The molecule has 0 fully saturated rings. The van der Waals surface area contributed by atoms with Gasteiger partial charge in [0.05, 0.1) is 30.9 Å². The van der Waals surface area contributed by atoms with Crippen molar-refractivity contribution in [3.63, 3.8) is 0 Å². The molecule has 5 N–H and O–H groups in total. The minimum absolute atomic E-state index is 0.00241. The minimum atomic E-state index is -1.12. The molecule has 0 aromatic heterocycles. The van der Waals surface area contributed by atoms with Crippen molar-refractivity contribution in [2.45, 2.75) is 33.7 Å². The summed E-state index contributed by atoms with van der Waals surface area (Å²) < 4.78 is 0. The van der Waals surface area contributed by atoms with E-state index >= 15 is 0 Å². The van der Waals surface area contributed by atoms with Gasteiger partial charge in [-0.3, -0.25) is 33.6 Å². The summed E-state index contributed by atoms with van der Waals surface area (Å²) in [6.07, 6.45) is 11.6. The number of allylic oxidation sites excluding steroid dienone is 3. The van der Waals surface area contributed by atoms with Crippen LogP contribution in [0.4, 0.5) is 0 Å². The summed E-state index contributed by atoms with van der Waals surface area (Å²) in [5, 5.41) is 43.7. The molecule has 414 valence electrons. The Morgan fingerprint density at radius 1 is 0.341 bits per heavy atom. The Hall–Kier alpha value is -10.5. The van der Waals surface area contributed by atoms with E-state index in [0.717, 1.165) is 28.3 Å². The van der Waals surface area contributed by atoms with Gasteiger partial charge in [-0.25, -0.2) is 9.59 Å². The molecule has 0 aliphatic heterocycles.